The number of aromatic nitrogens is 3. The molecule has 3 aromatic rings. The van der Waals surface area contributed by atoms with Crippen LogP contribution in [0.4, 0.5) is 0 Å². The highest BCUT2D eigenvalue weighted by atomic mass is 35.5. The lowest BCUT2D eigenvalue weighted by atomic mass is 10.2. The van der Waals surface area contributed by atoms with Crippen molar-refractivity contribution in [2.75, 3.05) is 5.75 Å². The number of rotatable bonds is 7. The number of hydrogen-bond acceptors (Lipinski definition) is 4. The van der Waals surface area contributed by atoms with Gasteiger partial charge >= 0.3 is 0 Å². The van der Waals surface area contributed by atoms with Gasteiger partial charge in [0.1, 0.15) is 0 Å². The van der Waals surface area contributed by atoms with Gasteiger partial charge in [-0.1, -0.05) is 53.7 Å². The number of hydrogen-bond donors (Lipinski definition) is 1. The Morgan fingerprint density at radius 1 is 1.11 bits per heavy atom. The van der Waals surface area contributed by atoms with E-state index in [0.717, 1.165) is 34.9 Å². The van der Waals surface area contributed by atoms with Crippen LogP contribution in [0.15, 0.2) is 59.8 Å². The Bertz CT molecular complexity index is 923. The van der Waals surface area contributed by atoms with Crippen molar-refractivity contribution in [2.24, 2.45) is 0 Å². The number of thioether (sulfide) groups is 1. The van der Waals surface area contributed by atoms with Crippen LogP contribution in [-0.2, 0) is 11.3 Å². The molecule has 0 aliphatic heterocycles. The minimum absolute atomic E-state index is 0.0461. The zero-order valence-electron chi connectivity index (χ0n) is 14.6. The Kier molecular flexibility index (Phi) is 5.45. The highest BCUT2D eigenvalue weighted by molar-refractivity contribution is 7.99. The number of benzene rings is 2. The molecule has 7 heteroatoms. The monoisotopic (exact) mass is 398 g/mol. The van der Waals surface area contributed by atoms with Gasteiger partial charge in [-0.05, 0) is 42.7 Å². The van der Waals surface area contributed by atoms with Gasteiger partial charge in [-0.25, -0.2) is 0 Å². The Morgan fingerprint density at radius 3 is 2.56 bits per heavy atom. The second-order valence-electron chi connectivity index (χ2n) is 6.52. The molecule has 2 aromatic carbocycles. The molecule has 0 unspecified atom stereocenters. The summed E-state index contributed by atoms with van der Waals surface area (Å²) in [6.45, 7) is 0.637. The van der Waals surface area contributed by atoms with Gasteiger partial charge in [-0.15, -0.1) is 10.2 Å². The maximum atomic E-state index is 12.0. The van der Waals surface area contributed by atoms with Crippen molar-refractivity contribution in [1.29, 1.82) is 0 Å². The lowest BCUT2D eigenvalue weighted by Gasteiger charge is -2.11. The normalized spacial score (nSPS) is 13.5. The van der Waals surface area contributed by atoms with E-state index in [2.05, 4.69) is 27.6 Å². The topological polar surface area (TPSA) is 59.8 Å². The molecule has 1 fully saturated rings. The fourth-order valence-electron chi connectivity index (χ4n) is 2.74. The van der Waals surface area contributed by atoms with E-state index in [1.54, 1.807) is 0 Å². The summed E-state index contributed by atoms with van der Waals surface area (Å²) < 4.78 is 2.05. The third-order valence-electron chi connectivity index (χ3n) is 4.28. The van der Waals surface area contributed by atoms with Gasteiger partial charge in [0.2, 0.25) is 5.91 Å². The number of nitrogens with zero attached hydrogens (tertiary/aromatic N) is 3. The molecule has 0 saturated heterocycles. The van der Waals surface area contributed by atoms with Crippen LogP contribution in [0.25, 0.3) is 11.4 Å². The standard InChI is InChI=1S/C20H19ClN4OS/c21-16-8-6-15(7-9-16)19-23-24-20(27-13-18(26)22-17-10-11-17)25(19)12-14-4-2-1-3-5-14/h1-9,17H,10-13H2,(H,22,26). The van der Waals surface area contributed by atoms with Crippen LogP contribution in [0.2, 0.25) is 5.02 Å². The van der Waals surface area contributed by atoms with Gasteiger partial charge in [0.25, 0.3) is 0 Å². The third kappa shape index (κ3) is 4.70. The highest BCUT2D eigenvalue weighted by Gasteiger charge is 2.23. The molecule has 1 aliphatic carbocycles. The van der Waals surface area contributed by atoms with Crippen LogP contribution in [0, 0.1) is 0 Å². The predicted molar refractivity (Wildman–Crippen MR) is 108 cm³/mol. The molecule has 0 spiro atoms. The molecule has 138 valence electrons. The zero-order chi connectivity index (χ0) is 18.6. The summed E-state index contributed by atoms with van der Waals surface area (Å²) in [7, 11) is 0. The molecule has 0 radical (unpaired) electrons. The maximum absolute atomic E-state index is 12.0. The Labute approximate surface area is 167 Å². The average molecular weight is 399 g/mol. The molecule has 4 rings (SSSR count). The summed E-state index contributed by atoms with van der Waals surface area (Å²) in [6, 6.07) is 18.1. The molecule has 1 amide bonds. The molecule has 1 N–H and O–H groups in total. The van der Waals surface area contributed by atoms with Gasteiger partial charge in [-0.2, -0.15) is 0 Å². The molecule has 1 heterocycles. The number of amides is 1. The molecule has 0 bridgehead atoms. The molecule has 1 aromatic heterocycles. The van der Waals surface area contributed by atoms with E-state index in [9.17, 15) is 4.79 Å². The van der Waals surface area contributed by atoms with Crippen molar-refractivity contribution in [3.05, 3.63) is 65.2 Å². The van der Waals surface area contributed by atoms with E-state index in [1.807, 2.05) is 47.0 Å². The smallest absolute Gasteiger partial charge is 0.230 e. The molecule has 5 nitrogen and oxygen atoms in total. The van der Waals surface area contributed by atoms with E-state index < -0.39 is 0 Å². The zero-order valence-corrected chi connectivity index (χ0v) is 16.2. The lowest BCUT2D eigenvalue weighted by molar-refractivity contribution is -0.118. The maximum Gasteiger partial charge on any atom is 0.230 e. The van der Waals surface area contributed by atoms with Gasteiger partial charge in [0.05, 0.1) is 12.3 Å². The minimum Gasteiger partial charge on any atom is -0.353 e. The highest BCUT2D eigenvalue weighted by Crippen LogP contribution is 2.26. The van der Waals surface area contributed by atoms with Crippen molar-refractivity contribution in [1.82, 2.24) is 20.1 Å². The first-order chi connectivity index (χ1) is 13.2. The van der Waals surface area contributed by atoms with E-state index in [1.165, 1.54) is 11.8 Å². The van der Waals surface area contributed by atoms with E-state index in [-0.39, 0.29) is 5.91 Å². The molecule has 27 heavy (non-hydrogen) atoms. The van der Waals surface area contributed by atoms with Crippen molar-refractivity contribution >= 4 is 29.3 Å². The summed E-state index contributed by atoms with van der Waals surface area (Å²) in [5.74, 6) is 1.15. The fraction of sp³-hybridized carbons (Fsp3) is 0.250. The molecular formula is C20H19ClN4OS. The van der Waals surface area contributed by atoms with Gasteiger partial charge in [-0.3, -0.25) is 9.36 Å². The van der Waals surface area contributed by atoms with Crippen molar-refractivity contribution in [3.63, 3.8) is 0 Å². The number of carbonyl (C=O) groups is 1. The second kappa shape index (κ2) is 8.15. The molecule has 1 aliphatic rings. The third-order valence-corrected chi connectivity index (χ3v) is 5.50. The van der Waals surface area contributed by atoms with Crippen molar-refractivity contribution in [2.45, 2.75) is 30.6 Å². The fourth-order valence-corrected chi connectivity index (χ4v) is 3.62. The van der Waals surface area contributed by atoms with Crippen LogP contribution in [0.1, 0.15) is 18.4 Å². The van der Waals surface area contributed by atoms with E-state index in [0.29, 0.717) is 23.4 Å². The summed E-state index contributed by atoms with van der Waals surface area (Å²) in [6.07, 6.45) is 2.17. The minimum atomic E-state index is 0.0461. The predicted octanol–water partition coefficient (Wildman–Crippen LogP) is 4.02. The van der Waals surface area contributed by atoms with Gasteiger partial charge in [0.15, 0.2) is 11.0 Å². The molecule has 1 saturated carbocycles. The summed E-state index contributed by atoms with van der Waals surface area (Å²) >= 11 is 7.43. The van der Waals surface area contributed by atoms with E-state index in [4.69, 9.17) is 11.6 Å². The SMILES string of the molecule is O=C(CSc1nnc(-c2ccc(Cl)cc2)n1Cc1ccccc1)NC1CC1. The molecule has 0 atom stereocenters. The largest absolute Gasteiger partial charge is 0.353 e. The van der Waals surface area contributed by atoms with Crippen LogP contribution >= 0.6 is 23.4 Å². The van der Waals surface area contributed by atoms with E-state index >= 15 is 0 Å². The Morgan fingerprint density at radius 2 is 1.85 bits per heavy atom. The van der Waals surface area contributed by atoms with Crippen LogP contribution in [-0.4, -0.2) is 32.5 Å². The summed E-state index contributed by atoms with van der Waals surface area (Å²) in [4.78, 5) is 12.0. The quantitative estimate of drug-likeness (QED) is 0.611. The van der Waals surface area contributed by atoms with Crippen LogP contribution < -0.4 is 5.32 Å². The Hall–Kier alpha value is -2.31. The van der Waals surface area contributed by atoms with Gasteiger partial charge in [0, 0.05) is 16.6 Å². The summed E-state index contributed by atoms with van der Waals surface area (Å²) in [5.41, 5.74) is 2.09. The van der Waals surface area contributed by atoms with Crippen LogP contribution in [0.3, 0.4) is 0 Å². The summed E-state index contributed by atoms with van der Waals surface area (Å²) in [5, 5.41) is 13.1. The molecular weight excluding hydrogens is 380 g/mol. The second-order valence-corrected chi connectivity index (χ2v) is 7.89. The van der Waals surface area contributed by atoms with Crippen molar-refractivity contribution in [3.8, 4) is 11.4 Å². The number of carbonyl (C=O) groups excluding carboxylic acids is 1. The first kappa shape index (κ1) is 18.1. The Balaban J connectivity index is 1.59. The number of halogens is 1. The average Bonchev–Trinajstić information content (AvgIpc) is 3.41. The lowest BCUT2D eigenvalue weighted by Crippen LogP contribution is -2.27. The number of nitrogens with one attached hydrogen (secondary N) is 1. The van der Waals surface area contributed by atoms with Crippen LogP contribution in [0.5, 0.6) is 0 Å². The first-order valence-electron chi connectivity index (χ1n) is 8.84. The first-order valence-corrected chi connectivity index (χ1v) is 10.2. The van der Waals surface area contributed by atoms with Gasteiger partial charge < -0.3 is 5.32 Å². The van der Waals surface area contributed by atoms with Crippen molar-refractivity contribution < 1.29 is 4.79 Å².